The van der Waals surface area contributed by atoms with Gasteiger partial charge in [-0.15, -0.1) is 0 Å². The first-order valence-electron chi connectivity index (χ1n) is 7.65. The molecule has 108 valence electrons. The Balaban J connectivity index is 1.87. The number of carbonyl (C=O) groups excluding carboxylic acids is 1. The summed E-state index contributed by atoms with van der Waals surface area (Å²) in [7, 11) is 0. The van der Waals surface area contributed by atoms with Crippen molar-refractivity contribution in [1.82, 2.24) is 5.32 Å². The third-order valence-electron chi connectivity index (χ3n) is 4.84. The molecule has 4 heteroatoms. The smallest absolute Gasteiger partial charge is 0.311 e. The Hall–Kier alpha value is -1.06. The Bertz CT molecular complexity index is 328. The van der Waals surface area contributed by atoms with Crippen molar-refractivity contribution in [2.45, 2.75) is 64.2 Å². The van der Waals surface area contributed by atoms with E-state index in [1.165, 1.54) is 6.42 Å². The molecule has 0 aromatic rings. The first kappa shape index (κ1) is 14.4. The summed E-state index contributed by atoms with van der Waals surface area (Å²) in [6.45, 7) is 0.317. The summed E-state index contributed by atoms with van der Waals surface area (Å²) in [5.74, 6) is -0.551. The highest BCUT2D eigenvalue weighted by atomic mass is 16.4. The zero-order valence-corrected chi connectivity index (χ0v) is 11.6. The van der Waals surface area contributed by atoms with E-state index in [0.717, 1.165) is 44.9 Å². The number of carboxylic acids is 1. The summed E-state index contributed by atoms with van der Waals surface area (Å²) < 4.78 is 0. The van der Waals surface area contributed by atoms with Crippen molar-refractivity contribution in [1.29, 1.82) is 0 Å². The number of rotatable bonds is 4. The highest BCUT2D eigenvalue weighted by Crippen LogP contribution is 2.36. The first-order valence-corrected chi connectivity index (χ1v) is 7.65. The van der Waals surface area contributed by atoms with Crippen molar-refractivity contribution in [3.8, 4) is 0 Å². The lowest BCUT2D eigenvalue weighted by molar-refractivity contribution is -0.151. The quantitative estimate of drug-likeness (QED) is 0.823. The van der Waals surface area contributed by atoms with E-state index in [9.17, 15) is 14.7 Å². The van der Waals surface area contributed by atoms with E-state index in [0.29, 0.717) is 19.4 Å². The van der Waals surface area contributed by atoms with Crippen molar-refractivity contribution in [2.24, 2.45) is 11.3 Å². The van der Waals surface area contributed by atoms with Crippen LogP contribution in [-0.4, -0.2) is 23.5 Å². The first-order chi connectivity index (χ1) is 9.14. The third-order valence-corrected chi connectivity index (χ3v) is 4.84. The zero-order valence-electron chi connectivity index (χ0n) is 11.6. The molecule has 2 fully saturated rings. The van der Waals surface area contributed by atoms with E-state index in [2.05, 4.69) is 5.32 Å². The van der Waals surface area contributed by atoms with Gasteiger partial charge < -0.3 is 10.4 Å². The summed E-state index contributed by atoms with van der Waals surface area (Å²) in [4.78, 5) is 23.6. The van der Waals surface area contributed by atoms with Gasteiger partial charge in [0.15, 0.2) is 0 Å². The average Bonchev–Trinajstić information content (AvgIpc) is 2.46. The number of hydrogen-bond acceptors (Lipinski definition) is 2. The lowest BCUT2D eigenvalue weighted by atomic mass is 9.74. The standard InChI is InChI=1S/C15H25NO3/c17-13(12-7-3-1-4-8-12)16-11-15(14(18)19)9-5-2-6-10-15/h12H,1-11H2,(H,16,17)(H,18,19). The Labute approximate surface area is 115 Å². The van der Waals surface area contributed by atoms with Gasteiger partial charge in [0.05, 0.1) is 5.41 Å². The van der Waals surface area contributed by atoms with Crippen molar-refractivity contribution in [2.75, 3.05) is 6.54 Å². The Morgan fingerprint density at radius 2 is 1.58 bits per heavy atom. The number of aliphatic carboxylic acids is 1. The van der Waals surface area contributed by atoms with Crippen LogP contribution < -0.4 is 5.32 Å². The molecule has 2 rings (SSSR count). The molecule has 0 bridgehead atoms. The van der Waals surface area contributed by atoms with Gasteiger partial charge in [-0.2, -0.15) is 0 Å². The van der Waals surface area contributed by atoms with E-state index in [1.807, 2.05) is 0 Å². The van der Waals surface area contributed by atoms with Crippen LogP contribution in [0.3, 0.4) is 0 Å². The highest BCUT2D eigenvalue weighted by molar-refractivity contribution is 5.80. The topological polar surface area (TPSA) is 66.4 Å². The van der Waals surface area contributed by atoms with Crippen LogP contribution >= 0.6 is 0 Å². The van der Waals surface area contributed by atoms with E-state index >= 15 is 0 Å². The van der Waals surface area contributed by atoms with E-state index < -0.39 is 11.4 Å². The van der Waals surface area contributed by atoms with Crippen molar-refractivity contribution in [3.63, 3.8) is 0 Å². The maximum absolute atomic E-state index is 12.1. The molecule has 0 aromatic heterocycles. The second-order valence-electron chi connectivity index (χ2n) is 6.20. The molecule has 1 amide bonds. The molecule has 2 aliphatic rings. The molecule has 2 aliphatic carbocycles. The maximum atomic E-state index is 12.1. The van der Waals surface area contributed by atoms with E-state index in [4.69, 9.17) is 0 Å². The summed E-state index contributed by atoms with van der Waals surface area (Å²) >= 11 is 0. The van der Waals surface area contributed by atoms with Gasteiger partial charge in [-0.1, -0.05) is 38.5 Å². The van der Waals surface area contributed by atoms with Gasteiger partial charge in [0, 0.05) is 12.5 Å². The fourth-order valence-electron chi connectivity index (χ4n) is 3.46. The van der Waals surface area contributed by atoms with Crippen molar-refractivity contribution in [3.05, 3.63) is 0 Å². The van der Waals surface area contributed by atoms with Gasteiger partial charge in [0.25, 0.3) is 0 Å². The fourth-order valence-corrected chi connectivity index (χ4v) is 3.46. The minimum absolute atomic E-state index is 0.0749. The SMILES string of the molecule is O=C(NCC1(C(=O)O)CCCCC1)C1CCCCC1. The molecule has 0 aliphatic heterocycles. The van der Waals surface area contributed by atoms with Gasteiger partial charge in [-0.05, 0) is 25.7 Å². The lowest BCUT2D eigenvalue weighted by Gasteiger charge is -2.34. The number of amides is 1. The Kier molecular flexibility index (Phi) is 4.83. The average molecular weight is 267 g/mol. The van der Waals surface area contributed by atoms with Gasteiger partial charge in [0.2, 0.25) is 5.91 Å². The number of nitrogens with one attached hydrogen (secondary N) is 1. The van der Waals surface area contributed by atoms with Crippen molar-refractivity contribution >= 4 is 11.9 Å². The molecule has 0 spiro atoms. The predicted molar refractivity (Wildman–Crippen MR) is 72.7 cm³/mol. The zero-order chi connectivity index (χ0) is 13.7. The molecule has 0 atom stereocenters. The molecule has 4 nitrogen and oxygen atoms in total. The van der Waals surface area contributed by atoms with E-state index in [-0.39, 0.29) is 11.8 Å². The monoisotopic (exact) mass is 267 g/mol. The van der Waals surface area contributed by atoms with Gasteiger partial charge in [0.1, 0.15) is 0 Å². The number of hydrogen-bond donors (Lipinski definition) is 2. The van der Waals surface area contributed by atoms with Crippen molar-refractivity contribution < 1.29 is 14.7 Å². The van der Waals surface area contributed by atoms with Crippen LogP contribution in [0.1, 0.15) is 64.2 Å². The summed E-state index contributed by atoms with van der Waals surface area (Å²) in [5.41, 5.74) is -0.706. The predicted octanol–water partition coefficient (Wildman–Crippen LogP) is 2.72. The second-order valence-corrected chi connectivity index (χ2v) is 6.20. The second kappa shape index (κ2) is 6.40. The van der Waals surface area contributed by atoms with Gasteiger partial charge in [-0.25, -0.2) is 0 Å². The van der Waals surface area contributed by atoms with Gasteiger partial charge >= 0.3 is 5.97 Å². The van der Waals surface area contributed by atoms with Crippen LogP contribution in [0.5, 0.6) is 0 Å². The molecule has 0 aromatic carbocycles. The molecular weight excluding hydrogens is 242 g/mol. The minimum Gasteiger partial charge on any atom is -0.481 e. The van der Waals surface area contributed by atoms with Crippen LogP contribution in [-0.2, 0) is 9.59 Å². The van der Waals surface area contributed by atoms with Crippen LogP contribution in [0.2, 0.25) is 0 Å². The molecule has 2 N–H and O–H groups in total. The lowest BCUT2D eigenvalue weighted by Crippen LogP contribution is -2.46. The molecular formula is C15H25NO3. The molecule has 0 radical (unpaired) electrons. The Morgan fingerprint density at radius 1 is 1.00 bits per heavy atom. The van der Waals surface area contributed by atoms with Crippen LogP contribution in [0.15, 0.2) is 0 Å². The maximum Gasteiger partial charge on any atom is 0.311 e. The fraction of sp³-hybridized carbons (Fsp3) is 0.867. The molecule has 19 heavy (non-hydrogen) atoms. The molecule has 0 saturated heterocycles. The van der Waals surface area contributed by atoms with E-state index in [1.54, 1.807) is 0 Å². The molecule has 2 saturated carbocycles. The minimum atomic E-state index is -0.740. The van der Waals surface area contributed by atoms with Crippen LogP contribution in [0.4, 0.5) is 0 Å². The Morgan fingerprint density at radius 3 is 2.16 bits per heavy atom. The number of carboxylic acid groups (broad SMARTS) is 1. The normalized spacial score (nSPS) is 23.8. The van der Waals surface area contributed by atoms with Crippen LogP contribution in [0, 0.1) is 11.3 Å². The van der Waals surface area contributed by atoms with Crippen LogP contribution in [0.25, 0.3) is 0 Å². The largest absolute Gasteiger partial charge is 0.481 e. The third kappa shape index (κ3) is 3.48. The summed E-state index contributed by atoms with van der Waals surface area (Å²) in [6, 6.07) is 0. The molecule has 0 heterocycles. The molecule has 0 unspecified atom stereocenters. The summed E-state index contributed by atoms with van der Waals surface area (Å²) in [5, 5.41) is 12.4. The number of carbonyl (C=O) groups is 2. The van der Waals surface area contributed by atoms with Gasteiger partial charge in [-0.3, -0.25) is 9.59 Å². The summed E-state index contributed by atoms with van der Waals surface area (Å²) in [6.07, 6.45) is 9.86. The highest BCUT2D eigenvalue weighted by Gasteiger charge is 2.40.